The van der Waals surface area contributed by atoms with Gasteiger partial charge in [-0.05, 0) is 118 Å². The van der Waals surface area contributed by atoms with E-state index >= 15 is 0 Å². The van der Waals surface area contributed by atoms with Crippen molar-refractivity contribution in [3.63, 3.8) is 0 Å². The molecule has 60 heavy (non-hydrogen) atoms. The van der Waals surface area contributed by atoms with Crippen LogP contribution < -0.4 is 14.5 Å². The number of ether oxygens (including phenoxy) is 1. The van der Waals surface area contributed by atoms with Gasteiger partial charge in [-0.2, -0.15) is 0 Å². The first-order valence-electron chi connectivity index (χ1n) is 20.8. The Kier molecular flexibility index (Phi) is 9.34. The fourth-order valence-electron chi connectivity index (χ4n) is 8.26. The molecule has 7 heteroatoms. The first-order chi connectivity index (χ1) is 28.5. The summed E-state index contributed by atoms with van der Waals surface area (Å²) in [6, 6.07) is 43.1. The molecule has 1 aliphatic rings. The summed E-state index contributed by atoms with van der Waals surface area (Å²) in [4.78, 5) is 14.4. The maximum Gasteiger partial charge on any atom is 0.137 e. The van der Waals surface area contributed by atoms with E-state index in [-0.39, 0.29) is 22.1 Å². The van der Waals surface area contributed by atoms with Gasteiger partial charge in [0, 0.05) is 52.2 Å². The summed E-state index contributed by atoms with van der Waals surface area (Å²) >= 11 is 0. The van der Waals surface area contributed by atoms with E-state index in [2.05, 4.69) is 143 Å². The van der Waals surface area contributed by atoms with Gasteiger partial charge in [0.15, 0.2) is 0 Å². The van der Waals surface area contributed by atoms with Gasteiger partial charge >= 0.3 is 0 Å². The molecule has 3 aromatic heterocycles. The van der Waals surface area contributed by atoms with Crippen LogP contribution in [0.4, 0.5) is 27.1 Å². The number of halogens is 1. The number of benzene rings is 5. The molecular weight excluding hydrogens is 742 g/mol. The highest BCUT2D eigenvalue weighted by atomic mass is 19.1. The molecule has 1 aliphatic heterocycles. The molecule has 0 amide bonds. The summed E-state index contributed by atoms with van der Waals surface area (Å²) < 4.78 is 23.5. The zero-order valence-electron chi connectivity index (χ0n) is 36.0. The predicted octanol–water partition coefficient (Wildman–Crippen LogP) is 14.3. The summed E-state index contributed by atoms with van der Waals surface area (Å²) in [7, 11) is 0. The second kappa shape index (κ2) is 14.4. The summed E-state index contributed by atoms with van der Waals surface area (Å²) in [6.07, 6.45) is 3.71. The van der Waals surface area contributed by atoms with Gasteiger partial charge in [0.1, 0.15) is 29.8 Å². The number of anilines is 4. The van der Waals surface area contributed by atoms with Crippen molar-refractivity contribution in [1.82, 2.24) is 14.5 Å². The van der Waals surface area contributed by atoms with Gasteiger partial charge in [-0.3, -0.25) is 9.55 Å². The third-order valence-corrected chi connectivity index (χ3v) is 11.7. The predicted molar refractivity (Wildman–Crippen MR) is 246 cm³/mol. The highest BCUT2D eigenvalue weighted by Crippen LogP contribution is 2.50. The van der Waals surface area contributed by atoms with Gasteiger partial charge in [-0.25, -0.2) is 9.37 Å². The number of rotatable bonds is 6. The molecule has 0 spiro atoms. The van der Waals surface area contributed by atoms with Gasteiger partial charge in [0.25, 0.3) is 0 Å². The van der Waals surface area contributed by atoms with Crippen molar-refractivity contribution < 1.29 is 9.13 Å². The van der Waals surface area contributed by atoms with E-state index in [0.717, 1.165) is 61.6 Å². The van der Waals surface area contributed by atoms with E-state index < -0.39 is 0 Å². The number of hydrogen-bond donors (Lipinski definition) is 0. The Bertz CT molecular complexity index is 2880. The molecule has 0 atom stereocenters. The van der Waals surface area contributed by atoms with Crippen molar-refractivity contribution in [2.45, 2.75) is 78.6 Å². The normalized spacial score (nSPS) is 13.4. The number of aromatic nitrogens is 3. The minimum Gasteiger partial charge on any atom is -0.457 e. The highest BCUT2D eigenvalue weighted by molar-refractivity contribution is 6.09. The fraction of sp³-hybridized carbons (Fsp3) is 0.245. The van der Waals surface area contributed by atoms with E-state index in [1.54, 1.807) is 6.07 Å². The third kappa shape index (κ3) is 7.16. The van der Waals surface area contributed by atoms with Crippen molar-refractivity contribution in [1.29, 1.82) is 0 Å². The van der Waals surface area contributed by atoms with Crippen LogP contribution in [0.3, 0.4) is 0 Å². The molecule has 0 saturated carbocycles. The van der Waals surface area contributed by atoms with Crippen LogP contribution >= 0.6 is 0 Å². The van der Waals surface area contributed by atoms with Crippen molar-refractivity contribution in [3.05, 3.63) is 162 Å². The molecule has 0 fully saturated rings. The maximum atomic E-state index is 14.7. The number of hydrogen-bond acceptors (Lipinski definition) is 5. The fourth-order valence-corrected chi connectivity index (χ4v) is 8.26. The monoisotopic (exact) mass is 793 g/mol. The summed E-state index contributed by atoms with van der Waals surface area (Å²) in [5.74, 6) is 1.88. The quantitative estimate of drug-likeness (QED) is 0.168. The molecule has 0 N–H and O–H groups in total. The molecule has 0 aliphatic carbocycles. The van der Waals surface area contributed by atoms with E-state index in [4.69, 9.17) is 14.7 Å². The lowest BCUT2D eigenvalue weighted by Gasteiger charge is -2.30. The zero-order chi connectivity index (χ0) is 42.1. The standard InChI is InChI=1S/C53H52FN5O/c1-51(2,3)34-23-25-56-49(29-34)59-46-22-19-37(54)30-44(46)42-21-20-41(32-48(42)59)60-40-15-12-14-38(31-40)57-33-58(39-27-35(52(4,5)6)26-36(28-39)53(7,8)9)50-43(16-13-18-47(50)57)45-17-10-11-24-55-45/h10-32H,33H2,1-9H3. The Labute approximate surface area is 352 Å². The van der Waals surface area contributed by atoms with Crippen LogP contribution in [-0.2, 0) is 16.2 Å². The number of pyridine rings is 2. The topological polar surface area (TPSA) is 46.4 Å². The van der Waals surface area contributed by atoms with E-state index in [1.165, 1.54) is 22.8 Å². The Morgan fingerprint density at radius 2 is 1.27 bits per heavy atom. The van der Waals surface area contributed by atoms with E-state index in [1.807, 2.05) is 60.9 Å². The van der Waals surface area contributed by atoms with Gasteiger partial charge in [0.05, 0.1) is 28.1 Å². The lowest BCUT2D eigenvalue weighted by Crippen LogP contribution is -2.25. The number of fused-ring (bicyclic) bond motifs is 4. The van der Waals surface area contributed by atoms with Crippen LogP contribution in [0, 0.1) is 5.82 Å². The molecule has 6 nitrogen and oxygen atoms in total. The lowest BCUT2D eigenvalue weighted by molar-refractivity contribution is 0.483. The summed E-state index contributed by atoms with van der Waals surface area (Å²) in [6.45, 7) is 20.9. The second-order valence-electron chi connectivity index (χ2n) is 19.1. The average molecular weight is 794 g/mol. The molecule has 0 radical (unpaired) electrons. The van der Waals surface area contributed by atoms with E-state index in [0.29, 0.717) is 18.2 Å². The van der Waals surface area contributed by atoms with Crippen molar-refractivity contribution in [3.8, 4) is 28.6 Å². The van der Waals surface area contributed by atoms with Crippen molar-refractivity contribution in [2.75, 3.05) is 16.5 Å². The van der Waals surface area contributed by atoms with Gasteiger partial charge in [-0.1, -0.05) is 92.6 Å². The largest absolute Gasteiger partial charge is 0.457 e. The first-order valence-corrected chi connectivity index (χ1v) is 20.8. The van der Waals surface area contributed by atoms with E-state index in [9.17, 15) is 4.39 Å². The van der Waals surface area contributed by atoms with Crippen molar-refractivity contribution in [2.24, 2.45) is 0 Å². The van der Waals surface area contributed by atoms with Gasteiger partial charge in [-0.15, -0.1) is 0 Å². The van der Waals surface area contributed by atoms with Crippen LogP contribution in [0.5, 0.6) is 11.5 Å². The Balaban J connectivity index is 1.13. The second-order valence-corrected chi connectivity index (χ2v) is 19.1. The Morgan fingerprint density at radius 3 is 1.98 bits per heavy atom. The van der Waals surface area contributed by atoms with Crippen LogP contribution in [0.15, 0.2) is 140 Å². The number of para-hydroxylation sites is 1. The smallest absolute Gasteiger partial charge is 0.137 e. The van der Waals surface area contributed by atoms with Crippen LogP contribution in [0.1, 0.15) is 79.0 Å². The molecule has 8 aromatic rings. The number of nitrogens with zero attached hydrogens (tertiary/aromatic N) is 5. The molecule has 0 bridgehead atoms. The van der Waals surface area contributed by atoms with Gasteiger partial charge in [0.2, 0.25) is 0 Å². The lowest BCUT2D eigenvalue weighted by atomic mass is 9.80. The molecular formula is C53H52FN5O. The molecule has 0 saturated heterocycles. The van der Waals surface area contributed by atoms with Crippen LogP contribution in [0.2, 0.25) is 0 Å². The molecule has 5 aromatic carbocycles. The Morgan fingerprint density at radius 1 is 0.533 bits per heavy atom. The summed E-state index contributed by atoms with van der Waals surface area (Å²) in [5.41, 5.74) is 11.8. The first kappa shape index (κ1) is 39.0. The third-order valence-electron chi connectivity index (χ3n) is 11.7. The minimum atomic E-state index is -0.277. The average Bonchev–Trinajstić information content (AvgIpc) is 3.76. The Hall–Kier alpha value is -6.47. The SMILES string of the molecule is CC(C)(C)c1cc(N2CN(c3cccc(Oc4ccc5c6cc(F)ccc6n(-c6cc(C(C)(C)C)ccn6)c5c4)c3)c3cccc(-c4ccccn4)c32)cc(C(C)(C)C)c1. The highest BCUT2D eigenvalue weighted by Gasteiger charge is 2.33. The molecule has 302 valence electrons. The molecule has 4 heterocycles. The minimum absolute atomic E-state index is 0.0367. The van der Waals surface area contributed by atoms with Crippen LogP contribution in [-0.4, -0.2) is 21.2 Å². The summed E-state index contributed by atoms with van der Waals surface area (Å²) in [5, 5.41) is 1.75. The molecule has 0 unspecified atom stereocenters. The van der Waals surface area contributed by atoms with Crippen molar-refractivity contribution >= 4 is 44.6 Å². The van der Waals surface area contributed by atoms with Gasteiger partial charge < -0.3 is 14.5 Å². The van der Waals surface area contributed by atoms with Crippen LogP contribution in [0.25, 0.3) is 38.9 Å². The maximum absolute atomic E-state index is 14.7. The zero-order valence-corrected chi connectivity index (χ0v) is 36.0. The molecule has 9 rings (SSSR count).